The molecule has 0 aromatic carbocycles. The van der Waals surface area contributed by atoms with Crippen molar-refractivity contribution in [2.45, 2.75) is 6.92 Å². The molecule has 0 N–H and O–H groups in total. The highest BCUT2D eigenvalue weighted by Crippen LogP contribution is 2.14. The van der Waals surface area contributed by atoms with Crippen LogP contribution in [0.25, 0.3) is 5.52 Å². The van der Waals surface area contributed by atoms with Crippen molar-refractivity contribution in [2.24, 2.45) is 0 Å². The average molecular weight is 293 g/mol. The van der Waals surface area contributed by atoms with Gasteiger partial charge in [0.2, 0.25) is 5.28 Å². The van der Waals surface area contributed by atoms with Gasteiger partial charge >= 0.3 is 0 Å². The first-order chi connectivity index (χ1) is 5.68. The van der Waals surface area contributed by atoms with E-state index in [9.17, 15) is 0 Å². The predicted octanol–water partition coefficient (Wildman–Crippen LogP) is 2.30. The van der Waals surface area contributed by atoms with Crippen LogP contribution in [0.3, 0.4) is 0 Å². The number of aryl methyl sites for hydroxylation is 1. The second-order valence-corrected chi connectivity index (χ2v) is 3.86. The monoisotopic (exact) mass is 293 g/mol. The van der Waals surface area contributed by atoms with Gasteiger partial charge in [0.15, 0.2) is 0 Å². The van der Waals surface area contributed by atoms with Crippen LogP contribution in [0.1, 0.15) is 5.69 Å². The molecule has 0 bridgehead atoms. The lowest BCUT2D eigenvalue weighted by Gasteiger charge is -1.98. The first-order valence-electron chi connectivity index (χ1n) is 3.36. The van der Waals surface area contributed by atoms with Crippen LogP contribution >= 0.6 is 34.2 Å². The van der Waals surface area contributed by atoms with Crippen molar-refractivity contribution in [3.63, 3.8) is 0 Å². The molecule has 2 aromatic heterocycles. The fraction of sp³-hybridized carbons (Fsp3) is 0.143. The van der Waals surface area contributed by atoms with Crippen LogP contribution < -0.4 is 0 Å². The highest BCUT2D eigenvalue weighted by molar-refractivity contribution is 14.1. The van der Waals surface area contributed by atoms with Gasteiger partial charge in [0.05, 0.1) is 11.2 Å². The number of hydrogen-bond acceptors (Lipinski definition) is 2. The van der Waals surface area contributed by atoms with Crippen LogP contribution in [-0.4, -0.2) is 14.6 Å². The van der Waals surface area contributed by atoms with Crippen molar-refractivity contribution >= 4 is 39.7 Å². The lowest BCUT2D eigenvalue weighted by atomic mass is 10.4. The van der Waals surface area contributed by atoms with Crippen molar-refractivity contribution in [3.8, 4) is 0 Å². The Hall–Kier alpha value is -0.360. The Labute approximate surface area is 87.9 Å². The van der Waals surface area contributed by atoms with E-state index in [-0.39, 0.29) is 5.28 Å². The zero-order valence-electron chi connectivity index (χ0n) is 6.25. The molecule has 0 unspecified atom stereocenters. The van der Waals surface area contributed by atoms with Crippen molar-refractivity contribution in [2.75, 3.05) is 0 Å². The van der Waals surface area contributed by atoms with Crippen LogP contribution in [-0.2, 0) is 0 Å². The van der Waals surface area contributed by atoms with Gasteiger partial charge in [-0.25, -0.2) is 9.50 Å². The second-order valence-electron chi connectivity index (χ2n) is 2.42. The smallest absolute Gasteiger partial charge is 0.223 e. The second kappa shape index (κ2) is 2.85. The minimum atomic E-state index is 0.286. The van der Waals surface area contributed by atoms with E-state index in [1.165, 1.54) is 0 Å². The largest absolute Gasteiger partial charge is 0.241 e. The molecule has 62 valence electrons. The Kier molecular flexibility index (Phi) is 1.96. The average Bonchev–Trinajstić information content (AvgIpc) is 2.33. The third-order valence-corrected chi connectivity index (χ3v) is 2.60. The van der Waals surface area contributed by atoms with Gasteiger partial charge in [-0.05, 0) is 53.2 Å². The van der Waals surface area contributed by atoms with Crippen molar-refractivity contribution < 1.29 is 0 Å². The van der Waals surface area contributed by atoms with E-state index in [0.29, 0.717) is 0 Å². The molecule has 0 radical (unpaired) electrons. The fourth-order valence-corrected chi connectivity index (χ4v) is 1.83. The summed E-state index contributed by atoms with van der Waals surface area (Å²) >= 11 is 7.91. The quantitative estimate of drug-likeness (QED) is 0.698. The number of rotatable bonds is 0. The van der Waals surface area contributed by atoms with E-state index in [1.54, 1.807) is 4.52 Å². The maximum absolute atomic E-state index is 5.71. The van der Waals surface area contributed by atoms with Gasteiger partial charge in [-0.3, -0.25) is 0 Å². The highest BCUT2D eigenvalue weighted by atomic mass is 127. The number of hydrogen-bond donors (Lipinski definition) is 0. The van der Waals surface area contributed by atoms with Gasteiger partial charge in [0.1, 0.15) is 3.70 Å². The Morgan fingerprint density at radius 2 is 2.25 bits per heavy atom. The summed E-state index contributed by atoms with van der Waals surface area (Å²) in [7, 11) is 0. The van der Waals surface area contributed by atoms with Gasteiger partial charge in [-0.1, -0.05) is 0 Å². The minimum absolute atomic E-state index is 0.286. The maximum atomic E-state index is 5.71. The third-order valence-electron chi connectivity index (χ3n) is 1.62. The predicted molar refractivity (Wildman–Crippen MR) is 55.5 cm³/mol. The number of fused-ring (bicyclic) bond motifs is 1. The molecule has 12 heavy (non-hydrogen) atoms. The molecule has 3 nitrogen and oxygen atoms in total. The van der Waals surface area contributed by atoms with Gasteiger partial charge in [-0.15, -0.1) is 5.10 Å². The molecule has 0 aliphatic carbocycles. The number of nitrogens with zero attached hydrogens (tertiary/aromatic N) is 3. The highest BCUT2D eigenvalue weighted by Gasteiger charge is 2.04. The van der Waals surface area contributed by atoms with E-state index in [1.807, 2.05) is 19.1 Å². The fourth-order valence-electron chi connectivity index (χ4n) is 1.08. The molecule has 0 aliphatic rings. The van der Waals surface area contributed by atoms with Gasteiger partial charge in [-0.2, -0.15) is 0 Å². The number of halogens is 2. The standard InChI is InChI=1S/C7H5ClIN3/c1-4-5-2-3-6(9)12(5)11-7(8)10-4/h2-3H,1H3. The third kappa shape index (κ3) is 1.19. The molecule has 0 aliphatic heterocycles. The van der Waals surface area contributed by atoms with E-state index in [0.717, 1.165) is 14.9 Å². The summed E-state index contributed by atoms with van der Waals surface area (Å²) in [5.74, 6) is 0. The van der Waals surface area contributed by atoms with E-state index in [2.05, 4.69) is 32.7 Å². The zero-order chi connectivity index (χ0) is 8.72. The Morgan fingerprint density at radius 1 is 1.50 bits per heavy atom. The molecule has 2 heterocycles. The van der Waals surface area contributed by atoms with E-state index in [4.69, 9.17) is 11.6 Å². The maximum Gasteiger partial charge on any atom is 0.241 e. The Balaban J connectivity index is 2.92. The van der Waals surface area contributed by atoms with E-state index < -0.39 is 0 Å². The summed E-state index contributed by atoms with van der Waals surface area (Å²) in [4.78, 5) is 4.05. The Bertz CT molecular complexity index is 437. The molecule has 0 amide bonds. The molecule has 5 heteroatoms. The summed E-state index contributed by atoms with van der Waals surface area (Å²) < 4.78 is 2.82. The number of aromatic nitrogens is 3. The van der Waals surface area contributed by atoms with Gasteiger partial charge in [0, 0.05) is 0 Å². The first-order valence-corrected chi connectivity index (χ1v) is 4.81. The molecule has 0 fully saturated rings. The van der Waals surface area contributed by atoms with Crippen LogP contribution in [0.15, 0.2) is 12.1 Å². The van der Waals surface area contributed by atoms with Crippen LogP contribution in [0.5, 0.6) is 0 Å². The van der Waals surface area contributed by atoms with Crippen LogP contribution in [0.4, 0.5) is 0 Å². The summed E-state index contributed by atoms with van der Waals surface area (Å²) in [6.45, 7) is 1.92. The molecule has 0 saturated carbocycles. The summed E-state index contributed by atoms with van der Waals surface area (Å²) in [6, 6.07) is 3.96. The lowest BCUT2D eigenvalue weighted by molar-refractivity contribution is 0.870. The summed E-state index contributed by atoms with van der Waals surface area (Å²) in [5.41, 5.74) is 1.90. The molecule has 2 rings (SSSR count). The van der Waals surface area contributed by atoms with Crippen molar-refractivity contribution in [1.29, 1.82) is 0 Å². The van der Waals surface area contributed by atoms with Crippen molar-refractivity contribution in [3.05, 3.63) is 26.8 Å². The summed E-state index contributed by atoms with van der Waals surface area (Å²) in [6.07, 6.45) is 0. The Morgan fingerprint density at radius 3 is 3.00 bits per heavy atom. The topological polar surface area (TPSA) is 30.2 Å². The summed E-state index contributed by atoms with van der Waals surface area (Å²) in [5, 5.41) is 4.35. The molecular weight excluding hydrogens is 288 g/mol. The first kappa shape index (κ1) is 8.25. The lowest BCUT2D eigenvalue weighted by Crippen LogP contribution is -1.98. The van der Waals surface area contributed by atoms with Crippen LogP contribution in [0, 0.1) is 10.6 Å². The SMILES string of the molecule is Cc1nc(Cl)nn2c(I)ccc12. The molecule has 2 aromatic rings. The zero-order valence-corrected chi connectivity index (χ0v) is 9.17. The minimum Gasteiger partial charge on any atom is -0.223 e. The molecular formula is C7H5ClIN3. The molecule has 0 saturated heterocycles. The van der Waals surface area contributed by atoms with Crippen molar-refractivity contribution in [1.82, 2.24) is 14.6 Å². The normalized spacial score (nSPS) is 10.9. The van der Waals surface area contributed by atoms with Crippen LogP contribution in [0.2, 0.25) is 5.28 Å². The molecule has 0 atom stereocenters. The van der Waals surface area contributed by atoms with E-state index >= 15 is 0 Å². The molecule has 0 spiro atoms. The van der Waals surface area contributed by atoms with Gasteiger partial charge in [0.25, 0.3) is 0 Å². The van der Waals surface area contributed by atoms with Gasteiger partial charge < -0.3 is 0 Å².